The van der Waals surface area contributed by atoms with Gasteiger partial charge in [0.1, 0.15) is 0 Å². The van der Waals surface area contributed by atoms with E-state index in [1.807, 2.05) is 12.1 Å². The summed E-state index contributed by atoms with van der Waals surface area (Å²) < 4.78 is 49.9. The van der Waals surface area contributed by atoms with Crippen LogP contribution in [0, 0.1) is 0 Å². The van der Waals surface area contributed by atoms with Crippen molar-refractivity contribution >= 4 is 16.3 Å². The van der Waals surface area contributed by atoms with Crippen LogP contribution in [-0.4, -0.2) is 31.3 Å². The number of halogens is 3. The summed E-state index contributed by atoms with van der Waals surface area (Å²) in [7, 11) is 0. The fourth-order valence-corrected chi connectivity index (χ4v) is 4.20. The second-order valence-corrected chi connectivity index (χ2v) is 8.00. The number of hydrogen-bond acceptors (Lipinski definition) is 3. The van der Waals surface area contributed by atoms with Gasteiger partial charge in [-0.3, -0.25) is 4.90 Å². The van der Waals surface area contributed by atoms with Crippen molar-refractivity contribution in [2.24, 2.45) is 0 Å². The Hall–Kier alpha value is -2.99. The minimum atomic E-state index is -4.31. The van der Waals surface area contributed by atoms with Crippen molar-refractivity contribution in [3.8, 4) is 11.5 Å². The Kier molecular flexibility index (Phi) is 5.10. The molecule has 0 bridgehead atoms. The van der Waals surface area contributed by atoms with Crippen LogP contribution in [0.3, 0.4) is 0 Å². The van der Waals surface area contributed by atoms with Crippen LogP contribution in [-0.2, 0) is 12.6 Å². The molecule has 0 atom stereocenters. The molecule has 3 aromatic rings. The third-order valence-electron chi connectivity index (χ3n) is 5.97. The van der Waals surface area contributed by atoms with Gasteiger partial charge in [0.2, 0.25) is 6.79 Å². The Morgan fingerprint density at radius 2 is 1.71 bits per heavy atom. The van der Waals surface area contributed by atoms with Gasteiger partial charge < -0.3 is 9.47 Å². The van der Waals surface area contributed by atoms with E-state index in [0.29, 0.717) is 5.56 Å². The molecule has 0 aromatic heterocycles. The van der Waals surface area contributed by atoms with Gasteiger partial charge >= 0.3 is 6.18 Å². The topological polar surface area (TPSA) is 21.7 Å². The van der Waals surface area contributed by atoms with E-state index < -0.39 is 11.7 Å². The molecule has 5 rings (SSSR count). The lowest BCUT2D eigenvalue weighted by molar-refractivity contribution is -0.137. The van der Waals surface area contributed by atoms with Gasteiger partial charge in [-0.1, -0.05) is 36.4 Å². The van der Waals surface area contributed by atoms with Crippen molar-refractivity contribution in [1.82, 2.24) is 4.90 Å². The first kappa shape index (κ1) is 19.9. The van der Waals surface area contributed by atoms with Crippen LogP contribution in [0.2, 0.25) is 0 Å². The first-order valence-corrected chi connectivity index (χ1v) is 10.4. The highest BCUT2D eigenvalue weighted by Gasteiger charge is 2.30. The van der Waals surface area contributed by atoms with Crippen molar-refractivity contribution in [2.75, 3.05) is 26.4 Å². The number of rotatable bonds is 4. The molecule has 31 heavy (non-hydrogen) atoms. The van der Waals surface area contributed by atoms with Crippen molar-refractivity contribution in [3.63, 3.8) is 0 Å². The average molecular weight is 425 g/mol. The molecule has 0 amide bonds. The number of ether oxygens (including phenoxy) is 2. The van der Waals surface area contributed by atoms with E-state index in [1.165, 1.54) is 17.7 Å². The quantitative estimate of drug-likeness (QED) is 0.518. The third kappa shape index (κ3) is 4.26. The Labute approximate surface area is 178 Å². The molecule has 3 aromatic carbocycles. The van der Waals surface area contributed by atoms with Crippen LogP contribution in [0.25, 0.3) is 16.3 Å². The lowest BCUT2D eigenvalue weighted by atomic mass is 9.97. The molecule has 2 aliphatic heterocycles. The van der Waals surface area contributed by atoms with Gasteiger partial charge in [-0.2, -0.15) is 13.2 Å². The second kappa shape index (κ2) is 7.93. The third-order valence-corrected chi connectivity index (χ3v) is 5.97. The van der Waals surface area contributed by atoms with E-state index in [0.717, 1.165) is 66.4 Å². The van der Waals surface area contributed by atoms with Crippen LogP contribution in [0.1, 0.15) is 23.1 Å². The van der Waals surface area contributed by atoms with Gasteiger partial charge in [0.15, 0.2) is 11.5 Å². The highest BCUT2D eigenvalue weighted by Crippen LogP contribution is 2.36. The van der Waals surface area contributed by atoms with Crippen molar-refractivity contribution < 1.29 is 22.6 Å². The normalized spacial score (nSPS) is 16.5. The van der Waals surface area contributed by atoms with Crippen molar-refractivity contribution in [2.45, 2.75) is 19.0 Å². The summed E-state index contributed by atoms with van der Waals surface area (Å²) >= 11 is 0. The summed E-state index contributed by atoms with van der Waals surface area (Å²) in [5, 5.41) is 2.26. The van der Waals surface area contributed by atoms with Gasteiger partial charge in [-0.15, -0.1) is 0 Å². The van der Waals surface area contributed by atoms with E-state index in [1.54, 1.807) is 6.07 Å². The Morgan fingerprint density at radius 3 is 2.45 bits per heavy atom. The lowest BCUT2D eigenvalue weighted by Crippen LogP contribution is -2.30. The zero-order valence-corrected chi connectivity index (χ0v) is 16.9. The average Bonchev–Trinajstić information content (AvgIpc) is 3.23. The Morgan fingerprint density at radius 1 is 0.903 bits per heavy atom. The Bertz CT molecular complexity index is 1150. The van der Waals surface area contributed by atoms with Crippen LogP contribution in [0.5, 0.6) is 11.5 Å². The van der Waals surface area contributed by atoms with E-state index in [2.05, 4.69) is 29.2 Å². The molecule has 0 radical (unpaired) electrons. The molecule has 2 heterocycles. The van der Waals surface area contributed by atoms with Crippen LogP contribution in [0.15, 0.2) is 60.7 Å². The van der Waals surface area contributed by atoms with E-state index in [4.69, 9.17) is 9.47 Å². The molecular weight excluding hydrogens is 403 g/mol. The molecule has 0 N–H and O–H groups in total. The summed E-state index contributed by atoms with van der Waals surface area (Å²) in [6, 6.07) is 16.1. The highest BCUT2D eigenvalue weighted by atomic mass is 19.4. The zero-order valence-electron chi connectivity index (χ0n) is 16.9. The molecule has 0 aliphatic carbocycles. The van der Waals surface area contributed by atoms with Gasteiger partial charge in [-0.25, -0.2) is 0 Å². The summed E-state index contributed by atoms with van der Waals surface area (Å²) in [6.45, 7) is 2.76. The molecule has 3 nitrogen and oxygen atoms in total. The molecular formula is C25H22F3NO2. The predicted molar refractivity (Wildman–Crippen MR) is 114 cm³/mol. The highest BCUT2D eigenvalue weighted by molar-refractivity contribution is 5.87. The first-order chi connectivity index (χ1) is 15.0. The molecule has 0 unspecified atom stereocenters. The predicted octanol–water partition coefficient (Wildman–Crippen LogP) is 5.92. The van der Waals surface area contributed by atoms with E-state index in [-0.39, 0.29) is 6.79 Å². The number of fused-ring (bicyclic) bond motifs is 2. The van der Waals surface area contributed by atoms with Crippen LogP contribution >= 0.6 is 0 Å². The smallest absolute Gasteiger partial charge is 0.416 e. The van der Waals surface area contributed by atoms with Crippen LogP contribution in [0.4, 0.5) is 13.2 Å². The van der Waals surface area contributed by atoms with Gasteiger partial charge in [-0.05, 0) is 64.6 Å². The number of benzene rings is 3. The second-order valence-electron chi connectivity index (χ2n) is 8.00. The molecule has 160 valence electrons. The molecule has 0 saturated carbocycles. The largest absolute Gasteiger partial charge is 0.454 e. The van der Waals surface area contributed by atoms with Crippen LogP contribution < -0.4 is 9.47 Å². The number of nitrogens with zero attached hydrogens (tertiary/aromatic N) is 1. The van der Waals surface area contributed by atoms with E-state index in [9.17, 15) is 13.2 Å². The fraction of sp³-hybridized carbons (Fsp3) is 0.280. The summed E-state index contributed by atoms with van der Waals surface area (Å²) in [5.41, 5.74) is 2.32. The number of hydrogen-bond donors (Lipinski definition) is 0. The van der Waals surface area contributed by atoms with Crippen molar-refractivity contribution in [3.05, 3.63) is 77.4 Å². The summed E-state index contributed by atoms with van der Waals surface area (Å²) in [5.74, 6) is 1.57. The fourth-order valence-electron chi connectivity index (χ4n) is 4.20. The standard InChI is InChI=1S/C25H22F3NO2/c26-25(27,28)22-3-1-2-19(13-22)18-7-10-29(11-8-18)9-6-17-4-5-20-14-23-24(31-16-30-23)15-21(20)12-17/h1-5,7,12-15H,6,8-11,16H2. The van der Waals surface area contributed by atoms with Gasteiger partial charge in [0, 0.05) is 19.6 Å². The minimum Gasteiger partial charge on any atom is -0.454 e. The molecule has 2 aliphatic rings. The maximum atomic E-state index is 13.0. The zero-order chi connectivity index (χ0) is 21.4. The lowest BCUT2D eigenvalue weighted by Gasteiger charge is -2.26. The van der Waals surface area contributed by atoms with Crippen molar-refractivity contribution in [1.29, 1.82) is 0 Å². The summed E-state index contributed by atoms with van der Waals surface area (Å²) in [6.07, 6.45) is -0.587. The molecule has 0 spiro atoms. The van der Waals surface area contributed by atoms with Gasteiger partial charge in [0.05, 0.1) is 5.56 Å². The Balaban J connectivity index is 1.23. The minimum absolute atomic E-state index is 0.267. The number of alkyl halides is 3. The maximum absolute atomic E-state index is 13.0. The van der Waals surface area contributed by atoms with Gasteiger partial charge in [0.25, 0.3) is 0 Å². The monoisotopic (exact) mass is 425 g/mol. The summed E-state index contributed by atoms with van der Waals surface area (Å²) in [4.78, 5) is 2.33. The molecule has 0 fully saturated rings. The molecule has 0 saturated heterocycles. The van der Waals surface area contributed by atoms with E-state index >= 15 is 0 Å². The SMILES string of the molecule is FC(F)(F)c1cccc(C2=CCN(CCc3ccc4cc5c(cc4c3)OCO5)CC2)c1. The maximum Gasteiger partial charge on any atom is 0.416 e. The molecule has 6 heteroatoms. The first-order valence-electron chi connectivity index (χ1n) is 10.4.